The maximum atomic E-state index is 5.72. The lowest BCUT2D eigenvalue weighted by atomic mass is 10.1. The zero-order chi connectivity index (χ0) is 13.7. The second-order valence-corrected chi connectivity index (χ2v) is 5.09. The van der Waals surface area contributed by atoms with E-state index >= 15 is 0 Å². The molecule has 0 fully saturated rings. The first kappa shape index (κ1) is 11.5. The molecule has 2 aromatic rings. The van der Waals surface area contributed by atoms with Crippen LogP contribution in [0.25, 0.3) is 11.3 Å². The summed E-state index contributed by atoms with van der Waals surface area (Å²) in [6.07, 6.45) is 0.904. The normalized spacial score (nSPS) is 15.0. The molecule has 0 spiro atoms. The smallest absolute Gasteiger partial charge is 0.231 e. The second kappa shape index (κ2) is 4.11. The fourth-order valence-electron chi connectivity index (χ4n) is 2.61. The van der Waals surface area contributed by atoms with E-state index in [1.807, 2.05) is 18.2 Å². The molecule has 2 aliphatic heterocycles. The van der Waals surface area contributed by atoms with E-state index in [-0.39, 0.29) is 11.9 Å². The Morgan fingerprint density at radius 3 is 3.05 bits per heavy atom. The summed E-state index contributed by atoms with van der Waals surface area (Å²) >= 11 is 5.04. The van der Waals surface area contributed by atoms with Gasteiger partial charge in [-0.2, -0.15) is 9.78 Å². The van der Waals surface area contributed by atoms with Gasteiger partial charge in [-0.25, -0.2) is 0 Å². The summed E-state index contributed by atoms with van der Waals surface area (Å²) in [4.78, 5) is 0. The van der Waals surface area contributed by atoms with Gasteiger partial charge in [0.1, 0.15) is 5.82 Å². The highest BCUT2D eigenvalue weighted by Gasteiger charge is 2.25. The van der Waals surface area contributed by atoms with Gasteiger partial charge in [0, 0.05) is 17.7 Å². The topological polar surface area (TPSA) is 74.3 Å². The van der Waals surface area contributed by atoms with Gasteiger partial charge in [-0.3, -0.25) is 0 Å². The molecule has 0 atom stereocenters. The first-order valence-corrected chi connectivity index (χ1v) is 6.70. The second-order valence-electron chi connectivity index (χ2n) is 4.67. The van der Waals surface area contributed by atoms with Crippen LogP contribution < -0.4 is 20.5 Å². The van der Waals surface area contributed by atoms with Crippen molar-refractivity contribution in [3.63, 3.8) is 0 Å². The highest BCUT2D eigenvalue weighted by Crippen LogP contribution is 2.38. The lowest BCUT2D eigenvalue weighted by Gasteiger charge is -2.03. The van der Waals surface area contributed by atoms with E-state index in [9.17, 15) is 0 Å². The molecule has 3 N–H and O–H groups in total. The van der Waals surface area contributed by atoms with Gasteiger partial charge in [0.05, 0.1) is 5.69 Å². The molecule has 6 nitrogen and oxygen atoms in total. The zero-order valence-corrected chi connectivity index (χ0v) is 11.4. The predicted octanol–water partition coefficient (Wildman–Crippen LogP) is 1.34. The molecule has 0 radical (unpaired) electrons. The lowest BCUT2D eigenvalue weighted by molar-refractivity contribution is 0.174. The molecule has 20 heavy (non-hydrogen) atoms. The minimum atomic E-state index is 0.239. The number of nitrogens with two attached hydrogens (primary N) is 1. The number of hydrogen-bond acceptors (Lipinski definition) is 5. The summed E-state index contributed by atoms with van der Waals surface area (Å²) in [5.74, 6) is 2.40. The Kier molecular flexibility index (Phi) is 2.37. The summed E-state index contributed by atoms with van der Waals surface area (Å²) in [5.41, 5.74) is 8.71. The maximum Gasteiger partial charge on any atom is 0.231 e. The van der Waals surface area contributed by atoms with Crippen LogP contribution in [0.15, 0.2) is 18.2 Å². The van der Waals surface area contributed by atoms with E-state index in [0.29, 0.717) is 0 Å². The third kappa shape index (κ3) is 1.56. The molecule has 3 heterocycles. The van der Waals surface area contributed by atoms with Crippen molar-refractivity contribution >= 4 is 23.1 Å². The van der Waals surface area contributed by atoms with Crippen molar-refractivity contribution < 1.29 is 9.47 Å². The molecule has 2 aliphatic rings. The van der Waals surface area contributed by atoms with Crippen LogP contribution in [0, 0.1) is 0 Å². The summed E-state index contributed by atoms with van der Waals surface area (Å²) in [5, 5.41) is 8.03. The van der Waals surface area contributed by atoms with Crippen molar-refractivity contribution in [1.82, 2.24) is 9.78 Å². The highest BCUT2D eigenvalue weighted by atomic mass is 32.1. The van der Waals surface area contributed by atoms with Crippen LogP contribution in [0.2, 0.25) is 0 Å². The summed E-state index contributed by atoms with van der Waals surface area (Å²) in [6.45, 7) is 1.13. The Bertz CT molecular complexity index is 725. The van der Waals surface area contributed by atoms with Crippen LogP contribution in [0.3, 0.4) is 0 Å². The van der Waals surface area contributed by atoms with Crippen LogP contribution in [-0.4, -0.2) is 28.2 Å². The van der Waals surface area contributed by atoms with Crippen molar-refractivity contribution in [2.24, 2.45) is 5.73 Å². The number of fused-ring (bicyclic) bond motifs is 2. The quantitative estimate of drug-likeness (QED) is 0.771. The molecule has 7 heteroatoms. The number of rotatable bonds is 1. The Hall–Kier alpha value is -2.28. The summed E-state index contributed by atoms with van der Waals surface area (Å²) in [6, 6.07) is 5.80. The van der Waals surface area contributed by atoms with E-state index < -0.39 is 0 Å². The predicted molar refractivity (Wildman–Crippen MR) is 78.2 cm³/mol. The SMILES string of the molecule is NC(=S)n1nc(-c2ccc3c(c2)OCO3)c2c1NCC2. The summed E-state index contributed by atoms with van der Waals surface area (Å²) in [7, 11) is 0. The first-order chi connectivity index (χ1) is 9.74. The maximum absolute atomic E-state index is 5.72. The number of nitrogens with one attached hydrogen (secondary N) is 1. The van der Waals surface area contributed by atoms with Gasteiger partial charge in [-0.05, 0) is 36.8 Å². The van der Waals surface area contributed by atoms with Crippen LogP contribution in [-0.2, 0) is 6.42 Å². The average Bonchev–Trinajstić information content (AvgIpc) is 3.12. The first-order valence-electron chi connectivity index (χ1n) is 6.29. The van der Waals surface area contributed by atoms with Crippen molar-refractivity contribution in [3.05, 3.63) is 23.8 Å². The number of aromatic nitrogens is 2. The molecule has 1 aromatic carbocycles. The van der Waals surface area contributed by atoms with E-state index in [1.54, 1.807) is 4.68 Å². The van der Waals surface area contributed by atoms with E-state index in [4.69, 9.17) is 27.4 Å². The van der Waals surface area contributed by atoms with Crippen molar-refractivity contribution in [1.29, 1.82) is 0 Å². The Morgan fingerprint density at radius 2 is 2.20 bits per heavy atom. The molecule has 4 rings (SSSR count). The largest absolute Gasteiger partial charge is 0.454 e. The zero-order valence-electron chi connectivity index (χ0n) is 10.5. The fraction of sp³-hybridized carbons (Fsp3) is 0.231. The van der Waals surface area contributed by atoms with Crippen LogP contribution in [0.5, 0.6) is 11.5 Å². The third-order valence-electron chi connectivity index (χ3n) is 3.51. The van der Waals surface area contributed by atoms with Crippen molar-refractivity contribution in [3.8, 4) is 22.8 Å². The molecule has 0 aliphatic carbocycles. The molecule has 0 saturated heterocycles. The average molecular weight is 288 g/mol. The molecule has 0 saturated carbocycles. The van der Waals surface area contributed by atoms with Crippen LogP contribution >= 0.6 is 12.2 Å². The number of benzene rings is 1. The molecule has 102 valence electrons. The van der Waals surface area contributed by atoms with Crippen LogP contribution in [0.4, 0.5) is 5.82 Å². The van der Waals surface area contributed by atoms with E-state index in [0.717, 1.165) is 47.1 Å². The lowest BCUT2D eigenvalue weighted by Crippen LogP contribution is -2.22. The number of anilines is 1. The summed E-state index contributed by atoms with van der Waals surface area (Å²) < 4.78 is 12.3. The Labute approximate surface area is 120 Å². The number of ether oxygens (including phenoxy) is 2. The van der Waals surface area contributed by atoms with Gasteiger partial charge < -0.3 is 20.5 Å². The van der Waals surface area contributed by atoms with Crippen LogP contribution in [0.1, 0.15) is 5.56 Å². The molecular weight excluding hydrogens is 276 g/mol. The Balaban J connectivity index is 1.87. The monoisotopic (exact) mass is 288 g/mol. The number of nitrogens with zero attached hydrogens (tertiary/aromatic N) is 2. The fourth-order valence-corrected chi connectivity index (χ4v) is 2.74. The van der Waals surface area contributed by atoms with E-state index in [2.05, 4.69) is 10.4 Å². The number of thiocarbonyl (C=S) groups is 1. The van der Waals surface area contributed by atoms with Gasteiger partial charge in [-0.15, -0.1) is 0 Å². The van der Waals surface area contributed by atoms with Gasteiger partial charge >= 0.3 is 0 Å². The molecule has 0 unspecified atom stereocenters. The minimum Gasteiger partial charge on any atom is -0.454 e. The standard InChI is InChI=1S/C13H12N4O2S/c14-13(20)17-12-8(3-4-15-12)11(16-17)7-1-2-9-10(5-7)19-6-18-9/h1-2,5,15H,3-4,6H2,(H2,14,20). The van der Waals surface area contributed by atoms with Gasteiger partial charge in [0.2, 0.25) is 6.79 Å². The number of hydrogen-bond donors (Lipinski definition) is 2. The van der Waals surface area contributed by atoms with Crippen molar-refractivity contribution in [2.75, 3.05) is 18.7 Å². The van der Waals surface area contributed by atoms with Gasteiger partial charge in [0.15, 0.2) is 16.6 Å². The minimum absolute atomic E-state index is 0.239. The van der Waals surface area contributed by atoms with Gasteiger partial charge in [0.25, 0.3) is 0 Å². The third-order valence-corrected chi connectivity index (χ3v) is 3.68. The molecule has 0 bridgehead atoms. The Morgan fingerprint density at radius 1 is 1.35 bits per heavy atom. The molecular formula is C13H12N4O2S. The highest BCUT2D eigenvalue weighted by molar-refractivity contribution is 7.80. The molecule has 1 aromatic heterocycles. The molecule has 0 amide bonds. The van der Waals surface area contributed by atoms with Gasteiger partial charge in [-0.1, -0.05) is 0 Å². The van der Waals surface area contributed by atoms with Crippen molar-refractivity contribution in [2.45, 2.75) is 6.42 Å². The van der Waals surface area contributed by atoms with E-state index in [1.165, 1.54) is 0 Å².